The van der Waals surface area contributed by atoms with Crippen LogP contribution in [0.15, 0.2) is 36.8 Å². The lowest BCUT2D eigenvalue weighted by molar-refractivity contribution is -0.155. The van der Waals surface area contributed by atoms with Crippen LogP contribution in [0.5, 0.6) is 5.75 Å². The lowest BCUT2D eigenvalue weighted by Crippen LogP contribution is -2.47. The highest BCUT2D eigenvalue weighted by Gasteiger charge is 2.41. The molecule has 200 valence electrons. The van der Waals surface area contributed by atoms with Crippen molar-refractivity contribution in [1.82, 2.24) is 14.9 Å². The zero-order valence-corrected chi connectivity index (χ0v) is 21.3. The van der Waals surface area contributed by atoms with Gasteiger partial charge in [0.15, 0.2) is 6.61 Å². The number of halogens is 3. The Labute approximate surface area is 215 Å². The summed E-state index contributed by atoms with van der Waals surface area (Å²) in [5.41, 5.74) is 0.312. The van der Waals surface area contributed by atoms with Crippen LogP contribution in [0.25, 0.3) is 0 Å². The first-order valence-electron chi connectivity index (χ1n) is 12.3. The smallest absolute Gasteiger partial charge is 0.422 e. The number of alkyl halides is 3. The second-order valence-electron chi connectivity index (χ2n) is 9.03. The summed E-state index contributed by atoms with van der Waals surface area (Å²) in [5.74, 6) is 0.556. The highest BCUT2D eigenvalue weighted by molar-refractivity contribution is 5.77. The molecule has 1 atom stereocenters. The van der Waals surface area contributed by atoms with Crippen LogP contribution in [-0.2, 0) is 15.1 Å². The molecule has 1 unspecified atom stereocenters. The summed E-state index contributed by atoms with van der Waals surface area (Å²) in [5, 5.41) is 9.00. The van der Waals surface area contributed by atoms with E-state index in [0.717, 1.165) is 12.2 Å². The van der Waals surface area contributed by atoms with Crippen LogP contribution in [0, 0.1) is 11.3 Å². The lowest BCUT2D eigenvalue weighted by Gasteiger charge is -2.42. The summed E-state index contributed by atoms with van der Waals surface area (Å²) in [4.78, 5) is 25.3. The molecule has 0 aliphatic heterocycles. The van der Waals surface area contributed by atoms with Crippen LogP contribution >= 0.6 is 0 Å². The maximum Gasteiger partial charge on any atom is 0.422 e. The molecule has 8 nitrogen and oxygen atoms in total. The molecule has 1 aliphatic rings. The maximum atomic E-state index is 13.1. The first kappa shape index (κ1) is 28.2. The number of hydrogen-bond acceptors (Lipinski definition) is 7. The molecule has 11 heteroatoms. The molecule has 0 N–H and O–H groups in total. The van der Waals surface area contributed by atoms with Crippen LogP contribution in [0.2, 0.25) is 0 Å². The Bertz CT molecular complexity index is 1080. The second-order valence-corrected chi connectivity index (χ2v) is 9.03. The maximum absolute atomic E-state index is 13.1. The molecule has 1 amide bonds. The van der Waals surface area contributed by atoms with Crippen molar-refractivity contribution in [3.63, 3.8) is 0 Å². The first-order chi connectivity index (χ1) is 17.6. The summed E-state index contributed by atoms with van der Waals surface area (Å²) in [6.07, 6.45) is 2.01. The Balaban J connectivity index is 1.63. The van der Waals surface area contributed by atoms with Crippen molar-refractivity contribution in [2.45, 2.75) is 57.9 Å². The van der Waals surface area contributed by atoms with Gasteiger partial charge < -0.3 is 19.3 Å². The van der Waals surface area contributed by atoms with Crippen LogP contribution < -0.4 is 9.64 Å². The normalized spacial score (nSPS) is 15.3. The molecule has 2 heterocycles. The summed E-state index contributed by atoms with van der Waals surface area (Å²) in [7, 11) is 0. The van der Waals surface area contributed by atoms with E-state index >= 15 is 0 Å². The van der Waals surface area contributed by atoms with Crippen molar-refractivity contribution in [2.24, 2.45) is 0 Å². The number of hydrogen-bond donors (Lipinski definition) is 0. The van der Waals surface area contributed by atoms with Gasteiger partial charge in [-0.3, -0.25) is 9.78 Å². The molecule has 1 aliphatic carbocycles. The molecule has 0 aromatic carbocycles. The number of anilines is 1. The SMILES string of the molecule is CCN(CC(C)N(CC)c1ccc(C#N)cn1)C(=O)COC1(c2cncc(OCC(F)(F)F)c2)CCC1. The molecule has 2 aromatic rings. The van der Waals surface area contributed by atoms with Gasteiger partial charge in [0.05, 0.1) is 17.4 Å². The summed E-state index contributed by atoms with van der Waals surface area (Å²) < 4.78 is 48.5. The van der Waals surface area contributed by atoms with Gasteiger partial charge in [-0.25, -0.2) is 4.98 Å². The van der Waals surface area contributed by atoms with E-state index in [1.807, 2.05) is 20.8 Å². The standard InChI is InChI=1S/C26H32F3N5O3/c1-4-33(16-19(3)34(5-2)23-8-7-20(12-30)13-32-23)24(35)17-37-25(9-6-10-25)21-11-22(15-31-14-21)36-18-26(27,28)29/h7-8,11,13-15,19H,4-6,9-10,16-18H2,1-3H3. The molecule has 0 radical (unpaired) electrons. The first-order valence-corrected chi connectivity index (χ1v) is 12.3. The van der Waals surface area contributed by atoms with E-state index in [1.165, 1.54) is 18.5 Å². The molecular weight excluding hydrogens is 487 g/mol. The number of likely N-dealkylation sites (N-methyl/N-ethyl adjacent to an activating group) is 2. The Morgan fingerprint density at radius 3 is 2.51 bits per heavy atom. The molecule has 0 saturated heterocycles. The zero-order chi connectivity index (χ0) is 27.1. The predicted octanol–water partition coefficient (Wildman–Crippen LogP) is 4.45. The fourth-order valence-corrected chi connectivity index (χ4v) is 4.36. The summed E-state index contributed by atoms with van der Waals surface area (Å²) in [6.45, 7) is 5.95. The van der Waals surface area contributed by atoms with E-state index in [4.69, 9.17) is 14.7 Å². The average Bonchev–Trinajstić information content (AvgIpc) is 2.86. The van der Waals surface area contributed by atoms with Gasteiger partial charge in [-0.15, -0.1) is 0 Å². The number of aromatic nitrogens is 2. The van der Waals surface area contributed by atoms with Crippen molar-refractivity contribution < 1.29 is 27.4 Å². The van der Waals surface area contributed by atoms with E-state index in [9.17, 15) is 18.0 Å². The van der Waals surface area contributed by atoms with Gasteiger partial charge in [-0.1, -0.05) is 0 Å². The van der Waals surface area contributed by atoms with Crippen LogP contribution in [-0.4, -0.2) is 65.8 Å². The number of rotatable bonds is 12. The summed E-state index contributed by atoms with van der Waals surface area (Å²) >= 11 is 0. The van der Waals surface area contributed by atoms with Gasteiger partial charge in [0.25, 0.3) is 0 Å². The van der Waals surface area contributed by atoms with Crippen molar-refractivity contribution in [3.05, 3.63) is 47.9 Å². The second kappa shape index (κ2) is 12.2. The molecule has 0 spiro atoms. The average molecular weight is 520 g/mol. The van der Waals surface area contributed by atoms with E-state index in [1.54, 1.807) is 23.2 Å². The fraction of sp³-hybridized carbons (Fsp3) is 0.538. The third kappa shape index (κ3) is 7.32. The van der Waals surface area contributed by atoms with Gasteiger partial charge in [0.2, 0.25) is 5.91 Å². The quantitative estimate of drug-likeness (QED) is 0.409. The number of carbonyl (C=O) groups excluding carboxylic acids is 1. The molecular formula is C26H32F3N5O3. The molecule has 1 saturated carbocycles. The highest BCUT2D eigenvalue weighted by Crippen LogP contribution is 2.45. The van der Waals surface area contributed by atoms with Crippen LogP contribution in [0.3, 0.4) is 0 Å². The number of nitriles is 1. The minimum Gasteiger partial charge on any atom is -0.482 e. The Kier molecular flexibility index (Phi) is 9.32. The zero-order valence-electron chi connectivity index (χ0n) is 21.3. The third-order valence-electron chi connectivity index (χ3n) is 6.54. The van der Waals surface area contributed by atoms with E-state index in [0.29, 0.717) is 43.6 Å². The Morgan fingerprint density at radius 1 is 1.22 bits per heavy atom. The minimum atomic E-state index is -4.45. The van der Waals surface area contributed by atoms with E-state index in [2.05, 4.69) is 20.9 Å². The number of nitrogens with zero attached hydrogens (tertiary/aromatic N) is 5. The topological polar surface area (TPSA) is 91.6 Å². The van der Waals surface area contributed by atoms with E-state index < -0.39 is 18.4 Å². The minimum absolute atomic E-state index is 0.0103. The van der Waals surface area contributed by atoms with Crippen molar-refractivity contribution in [2.75, 3.05) is 37.7 Å². The van der Waals surface area contributed by atoms with Gasteiger partial charge >= 0.3 is 6.18 Å². The number of pyridine rings is 2. The van der Waals surface area contributed by atoms with Crippen LogP contribution in [0.4, 0.5) is 19.0 Å². The molecule has 0 bridgehead atoms. The van der Waals surface area contributed by atoms with E-state index in [-0.39, 0.29) is 24.3 Å². The number of ether oxygens (including phenoxy) is 2. The van der Waals surface area contributed by atoms with Crippen LogP contribution in [0.1, 0.15) is 51.2 Å². The van der Waals surface area contributed by atoms with Gasteiger partial charge in [0.1, 0.15) is 24.2 Å². The van der Waals surface area contributed by atoms with Gasteiger partial charge in [-0.2, -0.15) is 18.4 Å². The molecule has 3 rings (SSSR count). The predicted molar refractivity (Wildman–Crippen MR) is 131 cm³/mol. The molecule has 2 aromatic heterocycles. The molecule has 37 heavy (non-hydrogen) atoms. The summed E-state index contributed by atoms with van der Waals surface area (Å²) in [6, 6.07) is 7.02. The Morgan fingerprint density at radius 2 is 1.97 bits per heavy atom. The van der Waals surface area contributed by atoms with Crippen molar-refractivity contribution >= 4 is 11.7 Å². The number of amides is 1. The van der Waals surface area contributed by atoms with Crippen molar-refractivity contribution in [1.29, 1.82) is 5.26 Å². The third-order valence-corrected chi connectivity index (χ3v) is 6.54. The number of carbonyl (C=O) groups is 1. The largest absolute Gasteiger partial charge is 0.482 e. The van der Waals surface area contributed by atoms with Crippen molar-refractivity contribution in [3.8, 4) is 11.8 Å². The monoisotopic (exact) mass is 519 g/mol. The van der Waals surface area contributed by atoms with Gasteiger partial charge in [0, 0.05) is 43.6 Å². The van der Waals surface area contributed by atoms with Gasteiger partial charge in [-0.05, 0) is 58.2 Å². The molecule has 1 fully saturated rings. The Hall–Kier alpha value is -3.39. The fourth-order valence-electron chi connectivity index (χ4n) is 4.36. The lowest BCUT2D eigenvalue weighted by atomic mass is 9.75. The highest BCUT2D eigenvalue weighted by atomic mass is 19.4.